The highest BCUT2D eigenvalue weighted by Crippen LogP contribution is 2.33. The van der Waals surface area contributed by atoms with Crippen molar-refractivity contribution < 1.29 is 22.5 Å². The predicted octanol–water partition coefficient (Wildman–Crippen LogP) is 5.07. The molecule has 1 amide bonds. The Morgan fingerprint density at radius 3 is 2.00 bits per heavy atom. The third kappa shape index (κ3) is 7.58. The molecule has 2 N–H and O–H groups in total. The third-order valence-electron chi connectivity index (χ3n) is 5.09. The molecule has 0 aromatic heterocycles. The molecule has 1 atom stereocenters. The second-order valence-corrected chi connectivity index (χ2v) is 10.7. The minimum Gasteiger partial charge on any atom is -0.435 e. The summed E-state index contributed by atoms with van der Waals surface area (Å²) in [5, 5.41) is 5.95. The molecule has 1 unspecified atom stereocenters. The summed E-state index contributed by atoms with van der Waals surface area (Å²) in [7, 11) is 0.456. The number of hydrogen-bond acceptors (Lipinski definition) is 4. The van der Waals surface area contributed by atoms with Crippen LogP contribution in [0, 0.1) is 0 Å². The van der Waals surface area contributed by atoms with Gasteiger partial charge < -0.3 is 9.64 Å². The lowest BCUT2D eigenvalue weighted by Gasteiger charge is -2.21. The van der Waals surface area contributed by atoms with Gasteiger partial charge in [-0.2, -0.15) is 8.78 Å². The Morgan fingerprint density at radius 1 is 1.06 bits per heavy atom. The summed E-state index contributed by atoms with van der Waals surface area (Å²) in [6.07, 6.45) is -0.136. The van der Waals surface area contributed by atoms with E-state index in [4.69, 9.17) is 5.14 Å². The number of carbonyl (C=O) groups is 1. The van der Waals surface area contributed by atoms with Gasteiger partial charge in [-0.3, -0.25) is 4.79 Å². The first-order chi connectivity index (χ1) is 15.3. The Bertz CT molecular complexity index is 1060. The van der Waals surface area contributed by atoms with Crippen molar-refractivity contribution in [2.24, 2.45) is 9.50 Å². The molecule has 0 radical (unpaired) electrons. The van der Waals surface area contributed by atoms with Crippen LogP contribution >= 0.6 is 0 Å². The minimum absolute atomic E-state index is 0.0472. The van der Waals surface area contributed by atoms with Gasteiger partial charge in [-0.25, -0.2) is 9.35 Å². The molecule has 2 aromatic rings. The number of carbonyl (C=O) groups excluding carboxylic acids is 1. The fraction of sp³-hybridized carbons (Fsp3) is 0.458. The summed E-state index contributed by atoms with van der Waals surface area (Å²) >= 11 is 0. The summed E-state index contributed by atoms with van der Waals surface area (Å²) in [5.41, 5.74) is 3.10. The van der Waals surface area contributed by atoms with E-state index in [9.17, 15) is 17.8 Å². The maximum Gasteiger partial charge on any atom is 0.387 e. The van der Waals surface area contributed by atoms with Gasteiger partial charge in [0.1, 0.15) is 15.7 Å². The number of rotatable bonds is 9. The first kappa shape index (κ1) is 26.9. The minimum atomic E-state index is -3.43. The first-order valence-electron chi connectivity index (χ1n) is 10.7. The molecule has 2 rings (SSSR count). The van der Waals surface area contributed by atoms with Crippen LogP contribution in [0.25, 0.3) is 0 Å². The molecule has 2 aromatic carbocycles. The molecule has 9 heteroatoms. The number of ether oxygens (including phenoxy) is 1. The van der Waals surface area contributed by atoms with Gasteiger partial charge in [0.2, 0.25) is 0 Å². The van der Waals surface area contributed by atoms with Gasteiger partial charge in [-0.1, -0.05) is 39.8 Å². The Labute approximate surface area is 195 Å². The van der Waals surface area contributed by atoms with Crippen molar-refractivity contribution in [3.63, 3.8) is 0 Å². The summed E-state index contributed by atoms with van der Waals surface area (Å²) < 4.78 is 47.1. The second kappa shape index (κ2) is 11.2. The van der Waals surface area contributed by atoms with Crippen LogP contribution in [0.3, 0.4) is 0 Å². The lowest BCUT2D eigenvalue weighted by atomic mass is 9.86. The maximum atomic E-state index is 13.0. The average Bonchev–Trinajstić information content (AvgIpc) is 2.67. The van der Waals surface area contributed by atoms with E-state index in [0.717, 1.165) is 5.56 Å². The Morgan fingerprint density at radius 2 is 1.58 bits per heavy atom. The lowest BCUT2D eigenvalue weighted by Crippen LogP contribution is -2.17. The normalized spacial score (nSPS) is 13.6. The van der Waals surface area contributed by atoms with E-state index < -0.39 is 22.4 Å². The zero-order chi connectivity index (χ0) is 24.9. The largest absolute Gasteiger partial charge is 0.435 e. The average molecular weight is 482 g/mol. The van der Waals surface area contributed by atoms with E-state index in [1.165, 1.54) is 12.1 Å². The van der Waals surface area contributed by atoms with Crippen LogP contribution in [0.15, 0.2) is 45.7 Å². The van der Waals surface area contributed by atoms with E-state index >= 15 is 0 Å². The molecule has 33 heavy (non-hydrogen) atoms. The summed E-state index contributed by atoms with van der Waals surface area (Å²) in [6.45, 7) is 5.37. The van der Waals surface area contributed by atoms with Crippen molar-refractivity contribution in [3.8, 4) is 5.75 Å². The van der Waals surface area contributed by atoms with E-state index in [1.807, 2.05) is 46.7 Å². The number of halogens is 2. The van der Waals surface area contributed by atoms with Gasteiger partial charge in [0, 0.05) is 6.54 Å². The van der Waals surface area contributed by atoms with Crippen molar-refractivity contribution in [1.29, 1.82) is 0 Å². The highest BCUT2D eigenvalue weighted by atomic mass is 32.2. The molecule has 0 aliphatic rings. The van der Waals surface area contributed by atoms with Crippen molar-refractivity contribution >= 4 is 15.8 Å². The van der Waals surface area contributed by atoms with Crippen LogP contribution in [-0.4, -0.2) is 35.7 Å². The van der Waals surface area contributed by atoms with Crippen LogP contribution in [0.4, 0.5) is 8.78 Å². The lowest BCUT2D eigenvalue weighted by molar-refractivity contribution is -0.117. The fourth-order valence-electron chi connectivity index (χ4n) is 3.64. The van der Waals surface area contributed by atoms with Crippen molar-refractivity contribution in [1.82, 2.24) is 4.90 Å². The van der Waals surface area contributed by atoms with Gasteiger partial charge in [0.25, 0.3) is 5.91 Å². The van der Waals surface area contributed by atoms with Gasteiger partial charge in [-0.05, 0) is 72.5 Å². The molecule has 0 saturated heterocycles. The molecule has 0 aliphatic heterocycles. The molecule has 182 valence electrons. The molecule has 6 nitrogen and oxygen atoms in total. The van der Waals surface area contributed by atoms with Gasteiger partial charge in [0.05, 0.1) is 11.3 Å². The van der Waals surface area contributed by atoms with Gasteiger partial charge in [-0.15, -0.1) is 4.36 Å². The summed E-state index contributed by atoms with van der Waals surface area (Å²) in [6, 6.07) is 9.89. The molecule has 0 saturated carbocycles. The number of nitrogens with two attached hydrogens (primary N) is 1. The molecular weight excluding hydrogens is 448 g/mol. The van der Waals surface area contributed by atoms with Crippen LogP contribution in [-0.2, 0) is 27.7 Å². The Kier molecular flexibility index (Phi) is 9.11. The summed E-state index contributed by atoms with van der Waals surface area (Å²) in [4.78, 5) is 15.1. The number of alkyl halides is 2. The zero-order valence-corrected chi connectivity index (χ0v) is 20.8. The molecule has 0 spiro atoms. The van der Waals surface area contributed by atoms with E-state index in [-0.39, 0.29) is 28.9 Å². The SMILES string of the molecule is CC(C)c1cc(OC(F)F)cc(C(C)C)c1CC(=O)N=S(N)(=O)c1ccc(CN(C)C)cc1. The van der Waals surface area contributed by atoms with Crippen molar-refractivity contribution in [3.05, 3.63) is 58.7 Å². The number of nitrogens with zero attached hydrogens (tertiary/aromatic N) is 2. The van der Waals surface area contributed by atoms with Gasteiger partial charge in [0.15, 0.2) is 0 Å². The highest BCUT2D eigenvalue weighted by Gasteiger charge is 2.21. The molecule has 0 aliphatic carbocycles. The Hall–Kier alpha value is -2.36. The molecule has 0 heterocycles. The van der Waals surface area contributed by atoms with Crippen molar-refractivity contribution in [2.75, 3.05) is 14.1 Å². The predicted molar refractivity (Wildman–Crippen MR) is 127 cm³/mol. The highest BCUT2D eigenvalue weighted by molar-refractivity contribution is 7.91. The smallest absolute Gasteiger partial charge is 0.387 e. The maximum absolute atomic E-state index is 13.0. The first-order valence-corrected chi connectivity index (χ1v) is 12.3. The standard InChI is InChI=1S/C24H33F2N3O3S/c1-15(2)20-11-18(32-24(25)26)12-21(16(3)4)22(20)13-23(30)28-33(27,31)19-9-7-17(8-10-19)14-29(5)6/h7-12,15-16,24H,13-14H2,1-6H3,(H2,27,28,30,31). The van der Waals surface area contributed by atoms with E-state index in [0.29, 0.717) is 23.2 Å². The second-order valence-electron chi connectivity index (χ2n) is 8.88. The Balaban J connectivity index is 2.41. The van der Waals surface area contributed by atoms with Crippen LogP contribution < -0.4 is 9.88 Å². The number of amides is 1. The molecule has 0 bridgehead atoms. The zero-order valence-electron chi connectivity index (χ0n) is 20.0. The van der Waals surface area contributed by atoms with Crippen LogP contribution in [0.5, 0.6) is 5.75 Å². The van der Waals surface area contributed by atoms with Crippen molar-refractivity contribution in [2.45, 2.75) is 64.0 Å². The third-order valence-corrected chi connectivity index (χ3v) is 6.51. The number of hydrogen-bond donors (Lipinski definition) is 1. The van der Waals surface area contributed by atoms with Crippen LogP contribution in [0.2, 0.25) is 0 Å². The number of benzene rings is 2. The van der Waals surface area contributed by atoms with E-state index in [1.54, 1.807) is 24.3 Å². The monoisotopic (exact) mass is 481 g/mol. The summed E-state index contributed by atoms with van der Waals surface area (Å²) in [5.74, 6) is -0.701. The van der Waals surface area contributed by atoms with Gasteiger partial charge >= 0.3 is 6.61 Å². The topological polar surface area (TPSA) is 85.0 Å². The molecule has 0 fully saturated rings. The van der Waals surface area contributed by atoms with E-state index in [2.05, 4.69) is 9.10 Å². The molecular formula is C24H33F2N3O3S. The fourth-order valence-corrected chi connectivity index (χ4v) is 4.64. The van der Waals surface area contributed by atoms with Crippen LogP contribution in [0.1, 0.15) is 61.8 Å². The quantitative estimate of drug-likeness (QED) is 0.542.